The largest absolute Gasteiger partial charge is 0.366 e. The van der Waals surface area contributed by atoms with Gasteiger partial charge in [0.15, 0.2) is 11.4 Å². The second-order valence-electron chi connectivity index (χ2n) is 7.51. The molecule has 7 heteroatoms. The van der Waals surface area contributed by atoms with E-state index in [1.807, 2.05) is 22.9 Å². The van der Waals surface area contributed by atoms with Crippen molar-refractivity contribution in [2.24, 2.45) is 0 Å². The molecule has 0 saturated carbocycles. The Morgan fingerprint density at radius 2 is 1.90 bits per heavy atom. The zero-order valence-electron chi connectivity index (χ0n) is 17.1. The number of imidazole rings is 1. The lowest BCUT2D eigenvalue weighted by Gasteiger charge is -2.26. The summed E-state index contributed by atoms with van der Waals surface area (Å²) in [6, 6.07) is 11.7. The predicted octanol–water partition coefficient (Wildman–Crippen LogP) is 3.27. The Labute approximate surface area is 175 Å². The van der Waals surface area contributed by atoms with Crippen molar-refractivity contribution >= 4 is 28.4 Å². The summed E-state index contributed by atoms with van der Waals surface area (Å²) in [5, 5.41) is 24.2. The van der Waals surface area contributed by atoms with Gasteiger partial charge in [-0.15, -0.1) is 0 Å². The van der Waals surface area contributed by atoms with Crippen molar-refractivity contribution in [2.45, 2.75) is 56.4 Å². The topological polar surface area (TPSA) is 87.4 Å². The number of aromatic nitrogens is 2. The zero-order chi connectivity index (χ0) is 21.2. The van der Waals surface area contributed by atoms with Crippen molar-refractivity contribution < 1.29 is 15.0 Å². The first-order valence-corrected chi connectivity index (χ1v) is 10.5. The molecule has 1 heterocycles. The summed E-state index contributed by atoms with van der Waals surface area (Å²) in [5.41, 5.74) is 2.29. The van der Waals surface area contributed by atoms with E-state index in [9.17, 15) is 15.0 Å². The van der Waals surface area contributed by atoms with Crippen LogP contribution in [0.4, 0.5) is 0 Å². The lowest BCUT2D eigenvalue weighted by atomic mass is 10.0. The molecule has 1 aromatic heterocycles. The molecule has 1 atom stereocenters. The smallest absolute Gasteiger partial charge is 0.236 e. The van der Waals surface area contributed by atoms with E-state index in [0.717, 1.165) is 17.5 Å². The number of hydrogen-bond donors (Lipinski definition) is 3. The number of carbonyl (C=O) groups is 1. The van der Waals surface area contributed by atoms with E-state index in [1.165, 1.54) is 22.7 Å². The van der Waals surface area contributed by atoms with Gasteiger partial charge in [-0.1, -0.05) is 49.0 Å². The van der Waals surface area contributed by atoms with Crippen LogP contribution in [0.2, 0.25) is 0 Å². The van der Waals surface area contributed by atoms with Crippen LogP contribution >= 0.6 is 11.8 Å². The average molecular weight is 414 g/mol. The monoisotopic (exact) mass is 413 g/mol. The molecule has 0 aliphatic carbocycles. The molecule has 0 radical (unpaired) electrons. The number of aryl methyl sites for hydroxylation is 1. The standard InChI is InChI=1S/C22H27N3O3S/c1-5-15-10-11-18(17-9-7-6-8-16(15)17)25-13-12-23-21(25)29-22(3,4)20(28)24-14(2)19(26)27/h6-14,19,26-27H,5H2,1-4H3,(H,24,28). The number of carbonyl (C=O) groups excluding carboxylic acids is 1. The third-order valence-electron chi connectivity index (χ3n) is 4.94. The number of hydrogen-bond acceptors (Lipinski definition) is 5. The molecule has 0 aliphatic rings. The number of amides is 1. The number of benzene rings is 2. The van der Waals surface area contributed by atoms with Crippen LogP contribution in [0.25, 0.3) is 16.5 Å². The molecule has 0 aliphatic heterocycles. The fourth-order valence-corrected chi connectivity index (χ4v) is 4.12. The fraction of sp³-hybridized carbons (Fsp3) is 0.364. The van der Waals surface area contributed by atoms with Crippen LogP contribution < -0.4 is 5.32 Å². The van der Waals surface area contributed by atoms with Crippen molar-refractivity contribution in [2.75, 3.05) is 0 Å². The highest BCUT2D eigenvalue weighted by Crippen LogP contribution is 2.35. The second kappa shape index (κ2) is 8.57. The summed E-state index contributed by atoms with van der Waals surface area (Å²) in [4.78, 5) is 17.1. The molecule has 0 fully saturated rings. The molecular weight excluding hydrogens is 386 g/mol. The van der Waals surface area contributed by atoms with E-state index < -0.39 is 17.1 Å². The van der Waals surface area contributed by atoms with Gasteiger partial charge in [0.1, 0.15) is 0 Å². The van der Waals surface area contributed by atoms with Crippen molar-refractivity contribution in [1.82, 2.24) is 14.9 Å². The van der Waals surface area contributed by atoms with Gasteiger partial charge >= 0.3 is 0 Å². The quantitative estimate of drug-likeness (QED) is 0.409. The van der Waals surface area contributed by atoms with Gasteiger partial charge in [0.05, 0.1) is 16.5 Å². The van der Waals surface area contributed by atoms with E-state index in [-0.39, 0.29) is 5.91 Å². The minimum Gasteiger partial charge on any atom is -0.366 e. The van der Waals surface area contributed by atoms with Crippen LogP contribution in [-0.2, 0) is 11.2 Å². The Kier molecular flexibility index (Phi) is 6.31. The van der Waals surface area contributed by atoms with E-state index in [2.05, 4.69) is 41.5 Å². The maximum atomic E-state index is 12.7. The lowest BCUT2D eigenvalue weighted by Crippen LogP contribution is -2.48. The number of aliphatic hydroxyl groups excluding tert-OH is 1. The van der Waals surface area contributed by atoms with Crippen LogP contribution in [-0.4, -0.2) is 42.8 Å². The Bertz CT molecular complexity index is 1010. The highest BCUT2D eigenvalue weighted by Gasteiger charge is 2.32. The number of nitrogens with zero attached hydrogens (tertiary/aromatic N) is 2. The molecule has 6 nitrogen and oxygen atoms in total. The van der Waals surface area contributed by atoms with E-state index in [1.54, 1.807) is 27.0 Å². The molecule has 154 valence electrons. The van der Waals surface area contributed by atoms with Gasteiger partial charge in [-0.05, 0) is 44.2 Å². The fourth-order valence-electron chi connectivity index (χ4n) is 3.14. The van der Waals surface area contributed by atoms with E-state index in [0.29, 0.717) is 5.16 Å². The SMILES string of the molecule is CCc1ccc(-n2ccnc2SC(C)(C)C(=O)NC(C)C(O)O)c2ccccc12. The molecule has 1 amide bonds. The third-order valence-corrected chi connectivity index (χ3v) is 6.12. The van der Waals surface area contributed by atoms with Gasteiger partial charge in [0.2, 0.25) is 5.91 Å². The van der Waals surface area contributed by atoms with Crippen molar-refractivity contribution in [3.63, 3.8) is 0 Å². The van der Waals surface area contributed by atoms with Crippen LogP contribution in [0.15, 0.2) is 53.9 Å². The summed E-state index contributed by atoms with van der Waals surface area (Å²) >= 11 is 1.33. The van der Waals surface area contributed by atoms with E-state index in [4.69, 9.17) is 0 Å². The maximum absolute atomic E-state index is 12.7. The first-order valence-electron chi connectivity index (χ1n) is 9.65. The molecule has 0 spiro atoms. The van der Waals surface area contributed by atoms with Crippen LogP contribution in [0, 0.1) is 0 Å². The van der Waals surface area contributed by atoms with Gasteiger partial charge in [-0.25, -0.2) is 4.98 Å². The zero-order valence-corrected chi connectivity index (χ0v) is 17.9. The molecule has 2 aromatic carbocycles. The van der Waals surface area contributed by atoms with Gasteiger partial charge in [-0.3, -0.25) is 9.36 Å². The molecule has 3 rings (SSSR count). The average Bonchev–Trinajstić information content (AvgIpc) is 3.13. The summed E-state index contributed by atoms with van der Waals surface area (Å²) in [6.07, 6.45) is 2.96. The summed E-state index contributed by atoms with van der Waals surface area (Å²) in [6.45, 7) is 7.28. The number of thioether (sulfide) groups is 1. The molecule has 3 N–H and O–H groups in total. The molecule has 3 aromatic rings. The number of rotatable bonds is 7. The third kappa shape index (κ3) is 4.47. The Hall–Kier alpha value is -2.35. The highest BCUT2D eigenvalue weighted by molar-refractivity contribution is 8.01. The van der Waals surface area contributed by atoms with Gasteiger partial charge in [-0.2, -0.15) is 0 Å². The number of fused-ring (bicyclic) bond motifs is 1. The van der Waals surface area contributed by atoms with Gasteiger partial charge < -0.3 is 15.5 Å². The molecule has 0 saturated heterocycles. The molecule has 0 bridgehead atoms. The minimum absolute atomic E-state index is 0.288. The maximum Gasteiger partial charge on any atom is 0.236 e. The van der Waals surface area contributed by atoms with E-state index >= 15 is 0 Å². The number of aliphatic hydroxyl groups is 2. The summed E-state index contributed by atoms with van der Waals surface area (Å²) < 4.78 is 1.14. The summed E-state index contributed by atoms with van der Waals surface area (Å²) in [7, 11) is 0. The summed E-state index contributed by atoms with van der Waals surface area (Å²) in [5.74, 6) is -0.288. The minimum atomic E-state index is -1.61. The Morgan fingerprint density at radius 1 is 1.21 bits per heavy atom. The predicted molar refractivity (Wildman–Crippen MR) is 116 cm³/mol. The number of nitrogens with one attached hydrogen (secondary N) is 1. The molecule has 29 heavy (non-hydrogen) atoms. The Balaban J connectivity index is 1.95. The molecule has 1 unspecified atom stereocenters. The van der Waals surface area contributed by atoms with Crippen LogP contribution in [0.3, 0.4) is 0 Å². The van der Waals surface area contributed by atoms with Crippen LogP contribution in [0.1, 0.15) is 33.3 Å². The second-order valence-corrected chi connectivity index (χ2v) is 9.10. The first kappa shape index (κ1) is 21.4. The normalized spacial score (nSPS) is 13.1. The van der Waals surface area contributed by atoms with Gasteiger partial charge in [0.25, 0.3) is 0 Å². The van der Waals surface area contributed by atoms with Gasteiger partial charge in [0, 0.05) is 17.8 Å². The van der Waals surface area contributed by atoms with Crippen molar-refractivity contribution in [1.29, 1.82) is 0 Å². The van der Waals surface area contributed by atoms with Crippen molar-refractivity contribution in [3.05, 3.63) is 54.4 Å². The van der Waals surface area contributed by atoms with Crippen LogP contribution in [0.5, 0.6) is 0 Å². The highest BCUT2D eigenvalue weighted by atomic mass is 32.2. The lowest BCUT2D eigenvalue weighted by molar-refractivity contribution is -0.127. The molecular formula is C22H27N3O3S. The Morgan fingerprint density at radius 3 is 2.55 bits per heavy atom. The van der Waals surface area contributed by atoms with Crippen molar-refractivity contribution in [3.8, 4) is 5.69 Å². The first-order chi connectivity index (χ1) is 13.7.